The lowest BCUT2D eigenvalue weighted by Crippen LogP contribution is -2.52. The fraction of sp³-hybridized carbons (Fsp3) is 0.500. The van der Waals surface area contributed by atoms with E-state index in [1.807, 2.05) is 24.0 Å². The predicted molar refractivity (Wildman–Crippen MR) is 114 cm³/mol. The van der Waals surface area contributed by atoms with Gasteiger partial charge in [0, 0.05) is 56.5 Å². The average Bonchev–Trinajstić information content (AvgIpc) is 3.10. The molecule has 3 rings (SSSR count). The van der Waals surface area contributed by atoms with Gasteiger partial charge in [0.15, 0.2) is 5.96 Å². The molecule has 1 atom stereocenters. The molecule has 0 aliphatic carbocycles. The van der Waals surface area contributed by atoms with Crippen LogP contribution < -0.4 is 5.32 Å². The number of piperazine rings is 1. The Morgan fingerprint density at radius 2 is 1.89 bits per heavy atom. The fourth-order valence-corrected chi connectivity index (χ4v) is 3.68. The Kier molecular flexibility index (Phi) is 6.90. The molecule has 1 aliphatic rings. The SMILES string of the molecule is CCNC(=NCc1ccnn1C)N1CCN(C(C)c2ccc(Br)cc2)CC1. The number of aliphatic imine (C=N–C) groups is 1. The largest absolute Gasteiger partial charge is 0.357 e. The summed E-state index contributed by atoms with van der Waals surface area (Å²) in [6.45, 7) is 9.97. The molecular weight excluding hydrogens is 404 g/mol. The molecule has 1 saturated heterocycles. The predicted octanol–water partition coefficient (Wildman–Crippen LogP) is 3.03. The number of aryl methyl sites for hydroxylation is 1. The van der Waals surface area contributed by atoms with Crippen LogP contribution in [-0.4, -0.2) is 58.3 Å². The molecule has 0 radical (unpaired) electrons. The van der Waals surface area contributed by atoms with Crippen LogP contribution in [0, 0.1) is 0 Å². The van der Waals surface area contributed by atoms with Gasteiger partial charge in [-0.3, -0.25) is 9.58 Å². The first-order valence-electron chi connectivity index (χ1n) is 9.58. The van der Waals surface area contributed by atoms with Crippen molar-refractivity contribution in [3.05, 3.63) is 52.3 Å². The Bertz CT molecular complexity index is 746. The van der Waals surface area contributed by atoms with E-state index in [1.54, 1.807) is 0 Å². The van der Waals surface area contributed by atoms with E-state index in [-0.39, 0.29) is 0 Å². The maximum Gasteiger partial charge on any atom is 0.194 e. The maximum atomic E-state index is 4.83. The molecule has 7 heteroatoms. The van der Waals surface area contributed by atoms with Crippen LogP contribution in [0.3, 0.4) is 0 Å². The zero-order valence-electron chi connectivity index (χ0n) is 16.4. The van der Waals surface area contributed by atoms with Gasteiger partial charge in [-0.1, -0.05) is 28.1 Å². The summed E-state index contributed by atoms with van der Waals surface area (Å²) in [5.74, 6) is 0.995. The second-order valence-corrected chi connectivity index (χ2v) is 7.78. The zero-order valence-corrected chi connectivity index (χ0v) is 18.0. The molecule has 1 aromatic carbocycles. The summed E-state index contributed by atoms with van der Waals surface area (Å²) in [5, 5.41) is 7.66. The third-order valence-corrected chi connectivity index (χ3v) is 5.69. The summed E-state index contributed by atoms with van der Waals surface area (Å²) in [4.78, 5) is 9.74. The number of benzene rings is 1. The highest BCUT2D eigenvalue weighted by Crippen LogP contribution is 2.23. The van der Waals surface area contributed by atoms with Gasteiger partial charge in [0.05, 0.1) is 12.2 Å². The molecule has 0 bridgehead atoms. The minimum absolute atomic E-state index is 0.425. The van der Waals surface area contributed by atoms with Crippen LogP contribution in [0.2, 0.25) is 0 Å². The highest BCUT2D eigenvalue weighted by molar-refractivity contribution is 9.10. The highest BCUT2D eigenvalue weighted by atomic mass is 79.9. The van der Waals surface area contributed by atoms with Crippen molar-refractivity contribution in [3.8, 4) is 0 Å². The summed E-state index contributed by atoms with van der Waals surface area (Å²) in [5.41, 5.74) is 2.48. The Labute approximate surface area is 170 Å². The van der Waals surface area contributed by atoms with Crippen molar-refractivity contribution in [2.24, 2.45) is 12.0 Å². The van der Waals surface area contributed by atoms with Gasteiger partial charge in [0.1, 0.15) is 0 Å². The molecule has 1 N–H and O–H groups in total. The van der Waals surface area contributed by atoms with E-state index in [9.17, 15) is 0 Å². The summed E-state index contributed by atoms with van der Waals surface area (Å²) >= 11 is 3.52. The van der Waals surface area contributed by atoms with E-state index in [0.29, 0.717) is 12.6 Å². The van der Waals surface area contributed by atoms with Crippen LogP contribution >= 0.6 is 15.9 Å². The van der Waals surface area contributed by atoms with Crippen LogP contribution in [0.1, 0.15) is 31.1 Å². The lowest BCUT2D eigenvalue weighted by atomic mass is 10.1. The molecular formula is C20H29BrN6. The van der Waals surface area contributed by atoms with Crippen LogP contribution in [-0.2, 0) is 13.6 Å². The quantitative estimate of drug-likeness (QED) is 0.582. The number of guanidine groups is 1. The molecule has 1 aliphatic heterocycles. The molecule has 1 aromatic heterocycles. The van der Waals surface area contributed by atoms with Gasteiger partial charge < -0.3 is 10.2 Å². The van der Waals surface area contributed by atoms with Crippen molar-refractivity contribution in [3.63, 3.8) is 0 Å². The lowest BCUT2D eigenvalue weighted by molar-refractivity contribution is 0.138. The molecule has 1 fully saturated rings. The van der Waals surface area contributed by atoms with E-state index in [4.69, 9.17) is 4.99 Å². The number of halogens is 1. The summed E-state index contributed by atoms with van der Waals surface area (Å²) in [6, 6.07) is 11.1. The van der Waals surface area contributed by atoms with Crippen LogP contribution in [0.5, 0.6) is 0 Å². The molecule has 0 saturated carbocycles. The third kappa shape index (κ3) is 5.11. The van der Waals surface area contributed by atoms with Crippen LogP contribution in [0.4, 0.5) is 0 Å². The van der Waals surface area contributed by atoms with Gasteiger partial charge >= 0.3 is 0 Å². The first kappa shape index (κ1) is 19.9. The monoisotopic (exact) mass is 432 g/mol. The van der Waals surface area contributed by atoms with Crippen molar-refractivity contribution in [1.82, 2.24) is 24.9 Å². The van der Waals surface area contributed by atoms with Gasteiger partial charge in [-0.15, -0.1) is 0 Å². The number of nitrogens with zero attached hydrogens (tertiary/aromatic N) is 5. The first-order valence-corrected chi connectivity index (χ1v) is 10.4. The normalized spacial score (nSPS) is 17.2. The van der Waals surface area contributed by atoms with Crippen molar-refractivity contribution in [1.29, 1.82) is 0 Å². The highest BCUT2D eigenvalue weighted by Gasteiger charge is 2.23. The first-order chi connectivity index (χ1) is 13.1. The fourth-order valence-electron chi connectivity index (χ4n) is 3.41. The Balaban J connectivity index is 1.60. The van der Waals surface area contributed by atoms with E-state index in [2.05, 4.69) is 74.3 Å². The number of hydrogen-bond donors (Lipinski definition) is 1. The third-order valence-electron chi connectivity index (χ3n) is 5.16. The molecule has 2 aromatic rings. The number of hydrogen-bond acceptors (Lipinski definition) is 3. The maximum absolute atomic E-state index is 4.83. The zero-order chi connectivity index (χ0) is 19.2. The summed E-state index contributed by atoms with van der Waals surface area (Å²) in [6.07, 6.45) is 1.82. The van der Waals surface area contributed by atoms with Gasteiger partial charge in [0.25, 0.3) is 0 Å². The number of rotatable bonds is 5. The lowest BCUT2D eigenvalue weighted by Gasteiger charge is -2.39. The standard InChI is InChI=1S/C20H29BrN6/c1-4-22-20(23-15-19-9-10-24-25(19)3)27-13-11-26(12-14-27)16(2)17-5-7-18(21)8-6-17/h5-10,16H,4,11-15H2,1-3H3,(H,22,23). The second kappa shape index (κ2) is 9.37. The number of aromatic nitrogens is 2. The van der Waals surface area contributed by atoms with Crippen LogP contribution in [0.25, 0.3) is 0 Å². The summed E-state index contributed by atoms with van der Waals surface area (Å²) in [7, 11) is 1.96. The van der Waals surface area contributed by atoms with Crippen LogP contribution in [0.15, 0.2) is 46.0 Å². The topological polar surface area (TPSA) is 48.7 Å². The minimum Gasteiger partial charge on any atom is -0.357 e. The van der Waals surface area contributed by atoms with Crippen molar-refractivity contribution < 1.29 is 0 Å². The smallest absolute Gasteiger partial charge is 0.194 e. The molecule has 27 heavy (non-hydrogen) atoms. The van der Waals surface area contributed by atoms with Crippen molar-refractivity contribution in [2.45, 2.75) is 26.4 Å². The Morgan fingerprint density at radius 1 is 1.19 bits per heavy atom. The van der Waals surface area contributed by atoms with Crippen molar-refractivity contribution in [2.75, 3.05) is 32.7 Å². The Hall–Kier alpha value is -1.86. The van der Waals surface area contributed by atoms with E-state index < -0.39 is 0 Å². The second-order valence-electron chi connectivity index (χ2n) is 6.87. The van der Waals surface area contributed by atoms with E-state index >= 15 is 0 Å². The van der Waals surface area contributed by atoms with Gasteiger partial charge in [-0.25, -0.2) is 4.99 Å². The van der Waals surface area contributed by atoms with Gasteiger partial charge in [0.2, 0.25) is 0 Å². The Morgan fingerprint density at radius 3 is 2.48 bits per heavy atom. The minimum atomic E-state index is 0.425. The van der Waals surface area contributed by atoms with E-state index in [0.717, 1.165) is 48.8 Å². The molecule has 0 amide bonds. The van der Waals surface area contributed by atoms with Gasteiger partial charge in [-0.2, -0.15) is 5.10 Å². The van der Waals surface area contributed by atoms with Gasteiger partial charge in [-0.05, 0) is 37.6 Å². The molecule has 0 spiro atoms. The molecule has 6 nitrogen and oxygen atoms in total. The average molecular weight is 433 g/mol. The number of nitrogens with one attached hydrogen (secondary N) is 1. The molecule has 1 unspecified atom stereocenters. The van der Waals surface area contributed by atoms with Crippen molar-refractivity contribution >= 4 is 21.9 Å². The molecule has 2 heterocycles. The molecule has 146 valence electrons. The van der Waals surface area contributed by atoms with E-state index in [1.165, 1.54) is 5.56 Å². The summed E-state index contributed by atoms with van der Waals surface area (Å²) < 4.78 is 3.01.